The molecule has 1 amide bonds. The van der Waals surface area contributed by atoms with E-state index in [-0.39, 0.29) is 11.9 Å². The number of carbonyl (C=O) groups excluding carboxylic acids is 2. The van der Waals surface area contributed by atoms with Crippen molar-refractivity contribution in [2.45, 2.75) is 18.8 Å². The van der Waals surface area contributed by atoms with Crippen molar-refractivity contribution in [1.82, 2.24) is 0 Å². The molecule has 0 radical (unpaired) electrons. The monoisotopic (exact) mass is 371 g/mol. The topological polar surface area (TPSA) is 55.4 Å². The Morgan fingerprint density at radius 1 is 0.964 bits per heavy atom. The molecule has 4 rings (SSSR count). The van der Waals surface area contributed by atoms with Gasteiger partial charge in [-0.2, -0.15) is 0 Å². The van der Waals surface area contributed by atoms with E-state index in [9.17, 15) is 9.59 Å². The van der Waals surface area contributed by atoms with Gasteiger partial charge >= 0.3 is 5.97 Å². The Morgan fingerprint density at radius 3 is 2.50 bits per heavy atom. The molecular formula is C24H21NO3. The zero-order chi connectivity index (χ0) is 19.7. The quantitative estimate of drug-likeness (QED) is 0.682. The molecule has 1 N–H and O–H groups in total. The highest BCUT2D eigenvalue weighted by Crippen LogP contribution is 2.42. The van der Waals surface area contributed by atoms with Crippen molar-refractivity contribution < 1.29 is 14.3 Å². The van der Waals surface area contributed by atoms with E-state index in [2.05, 4.69) is 23.5 Å². The molecule has 0 bridgehead atoms. The number of benzene rings is 3. The maximum absolute atomic E-state index is 12.9. The summed E-state index contributed by atoms with van der Waals surface area (Å²) in [6.45, 7) is 1.95. The number of nitrogens with one attached hydrogen (secondary N) is 1. The van der Waals surface area contributed by atoms with E-state index < -0.39 is 5.41 Å². The number of ether oxygens (including phenoxy) is 1. The maximum atomic E-state index is 12.9. The Balaban J connectivity index is 1.73. The minimum absolute atomic E-state index is 0.0313. The van der Waals surface area contributed by atoms with E-state index >= 15 is 0 Å². The van der Waals surface area contributed by atoms with Gasteiger partial charge in [-0.1, -0.05) is 48.5 Å². The zero-order valence-corrected chi connectivity index (χ0v) is 15.9. The van der Waals surface area contributed by atoms with Crippen molar-refractivity contribution in [2.24, 2.45) is 0 Å². The first-order valence-electron chi connectivity index (χ1n) is 9.20. The summed E-state index contributed by atoms with van der Waals surface area (Å²) in [6, 6.07) is 23.5. The molecule has 0 aliphatic carbocycles. The van der Waals surface area contributed by atoms with E-state index in [4.69, 9.17) is 4.74 Å². The number of fused-ring (bicyclic) bond motifs is 1. The van der Waals surface area contributed by atoms with Crippen LogP contribution in [0, 0.1) is 0 Å². The normalized spacial score (nSPS) is 17.7. The summed E-state index contributed by atoms with van der Waals surface area (Å²) < 4.78 is 4.81. The summed E-state index contributed by atoms with van der Waals surface area (Å²) >= 11 is 0. The Labute approximate surface area is 164 Å². The molecule has 0 saturated carbocycles. The summed E-state index contributed by atoms with van der Waals surface area (Å²) in [4.78, 5) is 24.7. The molecule has 1 aliphatic rings. The second-order valence-electron chi connectivity index (χ2n) is 7.28. The van der Waals surface area contributed by atoms with Gasteiger partial charge in [0.05, 0.1) is 18.1 Å². The summed E-state index contributed by atoms with van der Waals surface area (Å²) in [5.74, 6) is -0.411. The third-order valence-electron chi connectivity index (χ3n) is 5.38. The highest BCUT2D eigenvalue weighted by molar-refractivity contribution is 6.06. The molecule has 4 nitrogen and oxygen atoms in total. The molecule has 28 heavy (non-hydrogen) atoms. The summed E-state index contributed by atoms with van der Waals surface area (Å²) in [5, 5.41) is 3.00. The fourth-order valence-corrected chi connectivity index (χ4v) is 3.81. The lowest BCUT2D eigenvalue weighted by Crippen LogP contribution is -2.33. The number of rotatable bonds is 4. The molecule has 1 unspecified atom stereocenters. The predicted octanol–water partition coefficient (Wildman–Crippen LogP) is 4.59. The van der Waals surface area contributed by atoms with Crippen molar-refractivity contribution in [3.05, 3.63) is 89.5 Å². The SMILES string of the molecule is COC(=O)c1cccc(CC2(C)C(=O)Nc3ccc(-c4ccccc4)cc32)c1. The molecular weight excluding hydrogens is 350 g/mol. The van der Waals surface area contributed by atoms with Crippen LogP contribution in [-0.4, -0.2) is 19.0 Å². The summed E-state index contributed by atoms with van der Waals surface area (Å²) in [5.41, 5.74) is 4.69. The van der Waals surface area contributed by atoms with Gasteiger partial charge in [-0.25, -0.2) is 4.79 Å². The third-order valence-corrected chi connectivity index (χ3v) is 5.38. The van der Waals surface area contributed by atoms with Crippen LogP contribution in [0.5, 0.6) is 0 Å². The van der Waals surface area contributed by atoms with Crippen molar-refractivity contribution in [3.63, 3.8) is 0 Å². The number of methoxy groups -OCH3 is 1. The van der Waals surface area contributed by atoms with Gasteiger partial charge in [-0.15, -0.1) is 0 Å². The van der Waals surface area contributed by atoms with Crippen molar-refractivity contribution in [2.75, 3.05) is 12.4 Å². The van der Waals surface area contributed by atoms with Crippen LogP contribution in [-0.2, 0) is 21.4 Å². The molecule has 1 atom stereocenters. The van der Waals surface area contributed by atoms with Crippen LogP contribution in [0.3, 0.4) is 0 Å². The van der Waals surface area contributed by atoms with E-state index in [0.29, 0.717) is 12.0 Å². The van der Waals surface area contributed by atoms with Crippen LogP contribution in [0.4, 0.5) is 5.69 Å². The highest BCUT2D eigenvalue weighted by atomic mass is 16.5. The van der Waals surface area contributed by atoms with E-state index in [1.807, 2.05) is 49.4 Å². The van der Waals surface area contributed by atoms with Gasteiger partial charge in [0.15, 0.2) is 0 Å². The Hall–Kier alpha value is -3.40. The van der Waals surface area contributed by atoms with Gasteiger partial charge in [-0.05, 0) is 59.9 Å². The van der Waals surface area contributed by atoms with E-state index in [0.717, 1.165) is 27.9 Å². The van der Waals surface area contributed by atoms with Crippen LogP contribution >= 0.6 is 0 Å². The zero-order valence-electron chi connectivity index (χ0n) is 15.9. The molecule has 0 saturated heterocycles. The summed E-state index contributed by atoms with van der Waals surface area (Å²) in [6.07, 6.45) is 0.495. The standard InChI is InChI=1S/C24H21NO3/c1-24(15-16-7-6-10-19(13-16)22(26)28-2)20-14-18(17-8-4-3-5-9-17)11-12-21(20)25-23(24)27/h3-14H,15H2,1-2H3,(H,25,27). The lowest BCUT2D eigenvalue weighted by molar-refractivity contribution is -0.120. The number of carbonyl (C=O) groups is 2. The number of esters is 1. The molecule has 3 aromatic carbocycles. The first-order valence-corrected chi connectivity index (χ1v) is 9.20. The fraction of sp³-hybridized carbons (Fsp3) is 0.167. The van der Waals surface area contributed by atoms with Crippen LogP contribution < -0.4 is 5.32 Å². The smallest absolute Gasteiger partial charge is 0.337 e. The first-order chi connectivity index (χ1) is 13.5. The van der Waals surface area contributed by atoms with E-state index in [1.165, 1.54) is 7.11 Å². The number of amides is 1. The Kier molecular flexibility index (Phi) is 4.47. The largest absolute Gasteiger partial charge is 0.465 e. The van der Waals surface area contributed by atoms with Crippen molar-refractivity contribution in [3.8, 4) is 11.1 Å². The molecule has 0 fully saturated rings. The summed E-state index contributed by atoms with van der Waals surface area (Å²) in [7, 11) is 1.36. The Bertz CT molecular complexity index is 1060. The number of hydrogen-bond acceptors (Lipinski definition) is 3. The minimum Gasteiger partial charge on any atom is -0.465 e. The molecule has 1 heterocycles. The average molecular weight is 371 g/mol. The van der Waals surface area contributed by atoms with Crippen LogP contribution in [0.15, 0.2) is 72.8 Å². The van der Waals surface area contributed by atoms with Gasteiger partial charge in [-0.3, -0.25) is 4.79 Å². The van der Waals surface area contributed by atoms with Gasteiger partial charge in [0.1, 0.15) is 0 Å². The van der Waals surface area contributed by atoms with E-state index in [1.54, 1.807) is 12.1 Å². The lowest BCUT2D eigenvalue weighted by Gasteiger charge is -2.23. The van der Waals surface area contributed by atoms with Crippen LogP contribution in [0.2, 0.25) is 0 Å². The second kappa shape index (κ2) is 6.97. The number of hydrogen-bond donors (Lipinski definition) is 1. The minimum atomic E-state index is -0.713. The number of anilines is 1. The molecule has 3 aromatic rings. The van der Waals surface area contributed by atoms with Crippen molar-refractivity contribution >= 4 is 17.6 Å². The third kappa shape index (κ3) is 3.07. The molecule has 1 aliphatic heterocycles. The fourth-order valence-electron chi connectivity index (χ4n) is 3.81. The van der Waals surface area contributed by atoms with Gasteiger partial charge < -0.3 is 10.1 Å². The molecule has 4 heteroatoms. The molecule has 0 spiro atoms. The van der Waals surface area contributed by atoms with Crippen molar-refractivity contribution in [1.29, 1.82) is 0 Å². The second-order valence-corrected chi connectivity index (χ2v) is 7.28. The maximum Gasteiger partial charge on any atom is 0.337 e. The van der Waals surface area contributed by atoms with Crippen LogP contribution in [0.1, 0.15) is 28.4 Å². The predicted molar refractivity (Wildman–Crippen MR) is 109 cm³/mol. The first kappa shape index (κ1) is 18.0. The molecule has 0 aromatic heterocycles. The Morgan fingerprint density at radius 2 is 1.75 bits per heavy atom. The molecule has 140 valence electrons. The average Bonchev–Trinajstić information content (AvgIpc) is 2.97. The van der Waals surface area contributed by atoms with Crippen LogP contribution in [0.25, 0.3) is 11.1 Å². The van der Waals surface area contributed by atoms with Gasteiger partial charge in [0, 0.05) is 5.69 Å². The van der Waals surface area contributed by atoms with Gasteiger partial charge in [0.25, 0.3) is 0 Å². The van der Waals surface area contributed by atoms with Gasteiger partial charge in [0.2, 0.25) is 5.91 Å². The lowest BCUT2D eigenvalue weighted by atomic mass is 9.77. The highest BCUT2D eigenvalue weighted by Gasteiger charge is 2.42.